The second-order valence-corrected chi connectivity index (χ2v) is 12.2. The van der Waals surface area contributed by atoms with Gasteiger partial charge in [-0.3, -0.25) is 0 Å². The van der Waals surface area contributed by atoms with Crippen LogP contribution in [0.1, 0.15) is 60.3 Å². The molecular formula is C33H39ClN2O6. The second-order valence-electron chi connectivity index (χ2n) is 11.7. The quantitative estimate of drug-likeness (QED) is 0.286. The molecule has 0 spiro atoms. The van der Waals surface area contributed by atoms with Crippen molar-refractivity contribution < 1.29 is 28.9 Å². The molecule has 0 radical (unpaired) electrons. The first-order valence-corrected chi connectivity index (χ1v) is 14.3. The van der Waals surface area contributed by atoms with Crippen molar-refractivity contribution in [1.82, 2.24) is 4.90 Å². The molecule has 1 amide bonds. The highest BCUT2D eigenvalue weighted by Crippen LogP contribution is 2.33. The summed E-state index contributed by atoms with van der Waals surface area (Å²) in [5.41, 5.74) is 3.37. The minimum absolute atomic E-state index is 0.0685. The van der Waals surface area contributed by atoms with Gasteiger partial charge in [-0.05, 0) is 93.1 Å². The number of amides is 1. The van der Waals surface area contributed by atoms with Crippen molar-refractivity contribution in [2.75, 3.05) is 32.6 Å². The van der Waals surface area contributed by atoms with Gasteiger partial charge < -0.3 is 29.1 Å². The Bertz CT molecular complexity index is 1430. The standard InChI is InChI=1S/C33H39ClN2O6/c1-33(2,3)42-32(39)36(20-30(37)22-8-7-9-25(34)14-22)26-12-10-21-11-13-28(17-23(21)15-26)41-29-18-24(31(38)40-6)16-27(19-29)35(4)5/h7-9,11,13-14,16-19,26,30,37H,10,12,15,20H2,1-6H3/t26-,30+/m0/s1. The lowest BCUT2D eigenvalue weighted by atomic mass is 9.87. The van der Waals surface area contributed by atoms with Crippen molar-refractivity contribution in [1.29, 1.82) is 0 Å². The molecule has 0 bridgehead atoms. The number of aliphatic hydroxyl groups is 1. The lowest BCUT2D eigenvalue weighted by molar-refractivity contribution is 0.00194. The lowest BCUT2D eigenvalue weighted by Gasteiger charge is -2.37. The molecule has 3 aromatic carbocycles. The number of methoxy groups -OCH3 is 1. The van der Waals surface area contributed by atoms with Crippen molar-refractivity contribution in [3.8, 4) is 11.5 Å². The first kappa shape index (κ1) is 31.2. The number of aryl methyl sites for hydroxylation is 1. The number of rotatable bonds is 8. The Kier molecular flexibility index (Phi) is 9.69. The number of aliphatic hydroxyl groups excluding tert-OH is 1. The fourth-order valence-electron chi connectivity index (χ4n) is 5.01. The van der Waals surface area contributed by atoms with Crippen LogP contribution in [0.4, 0.5) is 10.5 Å². The molecule has 1 aliphatic carbocycles. The third kappa shape index (κ3) is 7.95. The normalized spacial score (nSPS) is 15.3. The Balaban J connectivity index is 1.59. The number of hydrogen-bond acceptors (Lipinski definition) is 7. The molecule has 0 fully saturated rings. The third-order valence-electron chi connectivity index (χ3n) is 7.12. The van der Waals surface area contributed by atoms with E-state index in [1.54, 1.807) is 41.3 Å². The average Bonchev–Trinajstić information content (AvgIpc) is 2.93. The number of carbonyl (C=O) groups excluding carboxylic acids is 2. The molecule has 0 saturated carbocycles. The third-order valence-corrected chi connectivity index (χ3v) is 7.35. The van der Waals surface area contributed by atoms with Crippen LogP contribution in [-0.2, 0) is 22.3 Å². The summed E-state index contributed by atoms with van der Waals surface area (Å²) in [4.78, 5) is 29.2. The summed E-state index contributed by atoms with van der Waals surface area (Å²) >= 11 is 6.15. The van der Waals surface area contributed by atoms with E-state index in [2.05, 4.69) is 0 Å². The molecule has 2 atom stereocenters. The van der Waals surface area contributed by atoms with Gasteiger partial charge in [0.15, 0.2) is 0 Å². The first-order valence-electron chi connectivity index (χ1n) is 14.0. The predicted octanol–water partition coefficient (Wildman–Crippen LogP) is 6.81. The Morgan fingerprint density at radius 2 is 1.79 bits per heavy atom. The van der Waals surface area contributed by atoms with Crippen molar-refractivity contribution in [2.24, 2.45) is 0 Å². The molecule has 1 N–H and O–H groups in total. The molecule has 0 aromatic heterocycles. The average molecular weight is 595 g/mol. The SMILES string of the molecule is COC(=O)c1cc(Oc2ccc3c(c2)C[C@@H](N(C[C@@H](O)c2cccc(Cl)c2)C(=O)OC(C)(C)C)CC3)cc(N(C)C)c1. The highest BCUT2D eigenvalue weighted by Gasteiger charge is 2.33. The van der Waals surface area contributed by atoms with Crippen molar-refractivity contribution in [3.05, 3.63) is 87.9 Å². The maximum atomic E-state index is 13.4. The summed E-state index contributed by atoms with van der Waals surface area (Å²) in [5, 5.41) is 11.6. The van der Waals surface area contributed by atoms with E-state index in [-0.39, 0.29) is 12.6 Å². The number of ether oxygens (including phenoxy) is 3. The van der Waals surface area contributed by atoms with E-state index in [0.29, 0.717) is 34.1 Å². The minimum atomic E-state index is -0.930. The Hall–Kier alpha value is -3.75. The van der Waals surface area contributed by atoms with Crippen molar-refractivity contribution >= 4 is 29.4 Å². The summed E-state index contributed by atoms with van der Waals surface area (Å²) in [7, 11) is 5.12. The van der Waals surface area contributed by atoms with Crippen LogP contribution in [0, 0.1) is 0 Å². The van der Waals surface area contributed by atoms with Gasteiger partial charge in [-0.1, -0.05) is 29.8 Å². The summed E-state index contributed by atoms with van der Waals surface area (Å²) < 4.78 is 16.9. The topological polar surface area (TPSA) is 88.5 Å². The van der Waals surface area contributed by atoms with Gasteiger partial charge in [-0.2, -0.15) is 0 Å². The number of halogens is 1. The van der Waals surface area contributed by atoms with E-state index in [9.17, 15) is 14.7 Å². The Labute approximate surface area is 252 Å². The van der Waals surface area contributed by atoms with Gasteiger partial charge in [0, 0.05) is 36.9 Å². The Morgan fingerprint density at radius 3 is 2.45 bits per heavy atom. The summed E-state index contributed by atoms with van der Waals surface area (Å²) in [6.45, 7) is 5.55. The number of fused-ring (bicyclic) bond motifs is 1. The number of esters is 1. The molecule has 0 aliphatic heterocycles. The van der Waals surface area contributed by atoms with Gasteiger partial charge >= 0.3 is 12.1 Å². The van der Waals surface area contributed by atoms with Crippen molar-refractivity contribution in [3.63, 3.8) is 0 Å². The molecule has 42 heavy (non-hydrogen) atoms. The highest BCUT2D eigenvalue weighted by molar-refractivity contribution is 6.30. The lowest BCUT2D eigenvalue weighted by Crippen LogP contribution is -2.47. The van der Waals surface area contributed by atoms with Crippen LogP contribution in [0.2, 0.25) is 5.02 Å². The second kappa shape index (κ2) is 13.0. The fourth-order valence-corrected chi connectivity index (χ4v) is 5.21. The maximum Gasteiger partial charge on any atom is 0.410 e. The zero-order valence-electron chi connectivity index (χ0n) is 25.0. The number of hydrogen-bond donors (Lipinski definition) is 1. The smallest absolute Gasteiger partial charge is 0.410 e. The zero-order chi connectivity index (χ0) is 30.6. The molecule has 0 heterocycles. The maximum absolute atomic E-state index is 13.4. The van der Waals surface area contributed by atoms with Crippen LogP contribution in [0.5, 0.6) is 11.5 Å². The van der Waals surface area contributed by atoms with Gasteiger partial charge in [-0.25, -0.2) is 9.59 Å². The minimum Gasteiger partial charge on any atom is -0.465 e. The molecule has 9 heteroatoms. The van der Waals surface area contributed by atoms with E-state index in [0.717, 1.165) is 24.1 Å². The fraction of sp³-hybridized carbons (Fsp3) is 0.394. The number of anilines is 1. The molecular weight excluding hydrogens is 556 g/mol. The molecule has 8 nitrogen and oxygen atoms in total. The van der Waals surface area contributed by atoms with Crippen LogP contribution in [0.3, 0.4) is 0 Å². The van der Waals surface area contributed by atoms with Crippen LogP contribution >= 0.6 is 11.6 Å². The van der Waals surface area contributed by atoms with E-state index in [1.165, 1.54) is 12.7 Å². The molecule has 4 rings (SSSR count). The van der Waals surface area contributed by atoms with Crippen LogP contribution in [-0.4, -0.2) is 61.5 Å². The summed E-state index contributed by atoms with van der Waals surface area (Å²) in [5.74, 6) is 0.678. The monoisotopic (exact) mass is 594 g/mol. The van der Waals surface area contributed by atoms with Crippen LogP contribution in [0.25, 0.3) is 0 Å². The van der Waals surface area contributed by atoms with E-state index >= 15 is 0 Å². The molecule has 0 unspecified atom stereocenters. The number of carbonyl (C=O) groups is 2. The predicted molar refractivity (Wildman–Crippen MR) is 164 cm³/mol. The number of nitrogens with zero attached hydrogens (tertiary/aromatic N) is 2. The van der Waals surface area contributed by atoms with E-state index in [4.69, 9.17) is 25.8 Å². The molecule has 3 aromatic rings. The molecule has 0 saturated heterocycles. The van der Waals surface area contributed by atoms with Gasteiger partial charge in [0.2, 0.25) is 0 Å². The molecule has 224 valence electrons. The van der Waals surface area contributed by atoms with Gasteiger partial charge in [0.25, 0.3) is 0 Å². The summed E-state index contributed by atoms with van der Waals surface area (Å²) in [6, 6.07) is 18.0. The number of benzene rings is 3. The summed E-state index contributed by atoms with van der Waals surface area (Å²) in [6.07, 6.45) is 0.650. The van der Waals surface area contributed by atoms with Crippen molar-refractivity contribution in [2.45, 2.75) is 57.8 Å². The van der Waals surface area contributed by atoms with Gasteiger partial charge in [0.05, 0.1) is 25.3 Å². The van der Waals surface area contributed by atoms with Crippen LogP contribution in [0.15, 0.2) is 60.7 Å². The van der Waals surface area contributed by atoms with Crippen LogP contribution < -0.4 is 9.64 Å². The van der Waals surface area contributed by atoms with E-state index in [1.807, 2.05) is 64.0 Å². The largest absolute Gasteiger partial charge is 0.465 e. The highest BCUT2D eigenvalue weighted by atomic mass is 35.5. The molecule has 1 aliphatic rings. The Morgan fingerprint density at radius 1 is 1.02 bits per heavy atom. The zero-order valence-corrected chi connectivity index (χ0v) is 25.8. The van der Waals surface area contributed by atoms with Gasteiger partial charge in [0.1, 0.15) is 17.1 Å². The van der Waals surface area contributed by atoms with Gasteiger partial charge in [-0.15, -0.1) is 0 Å². The van der Waals surface area contributed by atoms with E-state index < -0.39 is 23.8 Å². The first-order chi connectivity index (χ1) is 19.8.